The van der Waals surface area contributed by atoms with Gasteiger partial charge in [0.2, 0.25) is 0 Å². The number of fused-ring (bicyclic) bond motifs is 12. The minimum Gasteiger partial charge on any atom is -0.456 e. The molecule has 9 aromatic carbocycles. The maximum atomic E-state index is 6.57. The van der Waals surface area contributed by atoms with Gasteiger partial charge in [-0.2, -0.15) is 0 Å². The fourth-order valence-electron chi connectivity index (χ4n) is 9.54. The average Bonchev–Trinajstić information content (AvgIpc) is 4.13. The van der Waals surface area contributed by atoms with E-state index >= 15 is 0 Å². The van der Waals surface area contributed by atoms with Crippen molar-refractivity contribution in [2.24, 2.45) is 0 Å². The van der Waals surface area contributed by atoms with Gasteiger partial charge in [0.25, 0.3) is 0 Å². The number of aromatic nitrogens is 3. The van der Waals surface area contributed by atoms with Crippen LogP contribution in [0.3, 0.4) is 0 Å². The normalized spacial score (nSPS) is 12.1. The third kappa shape index (κ3) is 5.41. The number of nitrogens with zero attached hydrogens (tertiary/aromatic N) is 3. The molecule has 0 N–H and O–H groups in total. The number of thiophene rings is 1. The van der Waals surface area contributed by atoms with Gasteiger partial charge in [-0.25, -0.2) is 15.0 Å². The smallest absolute Gasteiger partial charge is 0.164 e. The summed E-state index contributed by atoms with van der Waals surface area (Å²) in [4.78, 5) is 15.4. The molecule has 0 unspecified atom stereocenters. The van der Waals surface area contributed by atoms with Crippen LogP contribution in [-0.4, -0.2) is 15.0 Å². The van der Waals surface area contributed by atoms with Crippen LogP contribution in [0.15, 0.2) is 201 Å². The zero-order valence-electron chi connectivity index (χ0n) is 33.9. The number of furan rings is 3. The SMILES string of the molecule is c1ccc(-c2nc(-c3ccc4c(c3)oc3ccccc34)nc(-c3cccc4oc5ccc(-c6cccc7oc8ccc(-c9ccc%10c(c9)sc9ccccc9%10)cc8c67)cc5c34)n2)cc1. The van der Waals surface area contributed by atoms with Crippen molar-refractivity contribution in [3.63, 3.8) is 0 Å². The summed E-state index contributed by atoms with van der Waals surface area (Å²) in [5.74, 6) is 1.69. The molecule has 5 aromatic heterocycles. The highest BCUT2D eigenvalue weighted by molar-refractivity contribution is 7.25. The molecule has 0 saturated carbocycles. The Morgan fingerprint density at radius 3 is 1.64 bits per heavy atom. The molecule has 0 amide bonds. The largest absolute Gasteiger partial charge is 0.456 e. The van der Waals surface area contributed by atoms with Gasteiger partial charge in [-0.05, 0) is 89.0 Å². The highest BCUT2D eigenvalue weighted by Gasteiger charge is 2.21. The molecule has 64 heavy (non-hydrogen) atoms. The van der Waals surface area contributed by atoms with E-state index in [1.165, 1.54) is 25.7 Å². The molecule has 298 valence electrons. The molecule has 0 radical (unpaired) electrons. The predicted molar refractivity (Wildman–Crippen MR) is 262 cm³/mol. The minimum atomic E-state index is 0.552. The van der Waals surface area contributed by atoms with E-state index in [2.05, 4.69) is 121 Å². The second kappa shape index (κ2) is 13.6. The first-order valence-electron chi connectivity index (χ1n) is 21.2. The third-order valence-electron chi connectivity index (χ3n) is 12.6. The lowest BCUT2D eigenvalue weighted by molar-refractivity contribution is 0.668. The van der Waals surface area contributed by atoms with Gasteiger partial charge in [-0.1, -0.05) is 121 Å². The molecule has 0 spiro atoms. The van der Waals surface area contributed by atoms with Crippen LogP contribution in [-0.2, 0) is 0 Å². The summed E-state index contributed by atoms with van der Waals surface area (Å²) in [6, 6.07) is 65.1. The summed E-state index contributed by atoms with van der Waals surface area (Å²) in [7, 11) is 0. The van der Waals surface area contributed by atoms with Gasteiger partial charge < -0.3 is 13.3 Å². The molecular weight excluding hydrogens is 807 g/mol. The zero-order valence-corrected chi connectivity index (χ0v) is 34.7. The Kier molecular flexibility index (Phi) is 7.46. The van der Waals surface area contributed by atoms with Crippen molar-refractivity contribution in [2.45, 2.75) is 0 Å². The zero-order chi connectivity index (χ0) is 41.9. The first kappa shape index (κ1) is 35.2. The molecule has 14 rings (SSSR count). The van der Waals surface area contributed by atoms with Crippen LogP contribution in [0.25, 0.3) is 142 Å². The van der Waals surface area contributed by atoms with Gasteiger partial charge in [0, 0.05) is 69.2 Å². The lowest BCUT2D eigenvalue weighted by atomic mass is 9.95. The molecular formula is C57H31N3O3S. The highest BCUT2D eigenvalue weighted by atomic mass is 32.1. The van der Waals surface area contributed by atoms with Crippen molar-refractivity contribution < 1.29 is 13.3 Å². The maximum absolute atomic E-state index is 6.57. The Labute approximate surface area is 368 Å². The molecule has 0 fully saturated rings. The van der Waals surface area contributed by atoms with Crippen LogP contribution in [0.2, 0.25) is 0 Å². The Bertz CT molecular complexity index is 4210. The number of rotatable bonds is 5. The van der Waals surface area contributed by atoms with E-state index in [9.17, 15) is 0 Å². The summed E-state index contributed by atoms with van der Waals surface area (Å²) in [5, 5.41) is 8.77. The van der Waals surface area contributed by atoms with E-state index in [4.69, 9.17) is 28.2 Å². The molecule has 7 heteroatoms. The molecule has 6 nitrogen and oxygen atoms in total. The molecule has 0 atom stereocenters. The summed E-state index contributed by atoms with van der Waals surface area (Å²) in [6.07, 6.45) is 0. The maximum Gasteiger partial charge on any atom is 0.164 e. The quantitative estimate of drug-likeness (QED) is 0.172. The standard InChI is InChI=1S/C57H31N3O3S/c1-2-10-32(11-3-1)55-58-56(36-21-24-39-38-12-4-6-16-45(38)63-50(39)30-36)60-57(59-55)42-15-9-18-49-54(42)44-29-35(23-27-47(44)62-49)37-14-8-17-48-53(37)43-28-33(22-26-46(43)61-48)34-20-25-41-40-13-5-7-19-51(40)64-52(41)31-34/h1-31H. The highest BCUT2D eigenvalue weighted by Crippen LogP contribution is 2.43. The first-order chi connectivity index (χ1) is 31.7. The average molecular weight is 838 g/mol. The summed E-state index contributed by atoms with van der Waals surface area (Å²) in [6.45, 7) is 0. The van der Waals surface area contributed by atoms with E-state index in [0.29, 0.717) is 17.5 Å². The second-order valence-electron chi connectivity index (χ2n) is 16.3. The Hall–Kier alpha value is -8.39. The van der Waals surface area contributed by atoms with Crippen molar-refractivity contribution in [3.8, 4) is 56.4 Å². The fraction of sp³-hybridized carbons (Fsp3) is 0. The van der Waals surface area contributed by atoms with Crippen molar-refractivity contribution in [2.75, 3.05) is 0 Å². The molecule has 0 aliphatic heterocycles. The van der Waals surface area contributed by atoms with Gasteiger partial charge >= 0.3 is 0 Å². The van der Waals surface area contributed by atoms with Crippen LogP contribution < -0.4 is 0 Å². The van der Waals surface area contributed by atoms with E-state index in [1.807, 2.05) is 78.1 Å². The van der Waals surface area contributed by atoms with Gasteiger partial charge in [0.05, 0.1) is 0 Å². The van der Waals surface area contributed by atoms with E-state index in [-0.39, 0.29) is 0 Å². The predicted octanol–water partition coefficient (Wildman–Crippen LogP) is 16.3. The summed E-state index contributed by atoms with van der Waals surface area (Å²) < 4.78 is 22.0. The van der Waals surface area contributed by atoms with Crippen LogP contribution in [0.4, 0.5) is 0 Å². The molecule has 5 heterocycles. The van der Waals surface area contributed by atoms with Gasteiger partial charge in [-0.3, -0.25) is 0 Å². The number of para-hydroxylation sites is 1. The van der Waals surface area contributed by atoms with E-state index < -0.39 is 0 Å². The Morgan fingerprint density at radius 1 is 0.281 bits per heavy atom. The van der Waals surface area contributed by atoms with Gasteiger partial charge in [0.15, 0.2) is 17.5 Å². The van der Waals surface area contributed by atoms with Crippen LogP contribution in [0.5, 0.6) is 0 Å². The van der Waals surface area contributed by atoms with Crippen LogP contribution in [0.1, 0.15) is 0 Å². The number of hydrogen-bond donors (Lipinski definition) is 0. The minimum absolute atomic E-state index is 0.552. The molecule has 14 aromatic rings. The lowest BCUT2D eigenvalue weighted by Gasteiger charge is -2.09. The van der Waals surface area contributed by atoms with E-state index in [1.54, 1.807) is 0 Å². The molecule has 0 aliphatic rings. The topological polar surface area (TPSA) is 78.1 Å². The summed E-state index contributed by atoms with van der Waals surface area (Å²) >= 11 is 1.84. The Balaban J connectivity index is 0.926. The molecule has 0 aliphatic carbocycles. The second-order valence-corrected chi connectivity index (χ2v) is 17.4. The van der Waals surface area contributed by atoms with Crippen molar-refractivity contribution >= 4 is 97.3 Å². The number of hydrogen-bond acceptors (Lipinski definition) is 7. The lowest BCUT2D eigenvalue weighted by Crippen LogP contribution is -2.00. The third-order valence-corrected chi connectivity index (χ3v) is 13.7. The fourth-order valence-corrected chi connectivity index (χ4v) is 10.7. The Morgan fingerprint density at radius 2 is 0.812 bits per heavy atom. The van der Waals surface area contributed by atoms with Crippen molar-refractivity contribution in [1.82, 2.24) is 15.0 Å². The first-order valence-corrected chi connectivity index (χ1v) is 22.0. The summed E-state index contributed by atoms with van der Waals surface area (Å²) in [5.41, 5.74) is 11.9. The van der Waals surface area contributed by atoms with Gasteiger partial charge in [0.1, 0.15) is 33.5 Å². The van der Waals surface area contributed by atoms with Crippen molar-refractivity contribution in [1.29, 1.82) is 0 Å². The molecule has 0 saturated heterocycles. The van der Waals surface area contributed by atoms with Gasteiger partial charge in [-0.15, -0.1) is 11.3 Å². The monoisotopic (exact) mass is 837 g/mol. The van der Waals surface area contributed by atoms with Crippen LogP contribution >= 0.6 is 11.3 Å². The van der Waals surface area contributed by atoms with Crippen LogP contribution in [0, 0.1) is 0 Å². The molecule has 0 bridgehead atoms. The van der Waals surface area contributed by atoms with Crippen molar-refractivity contribution in [3.05, 3.63) is 188 Å². The number of benzene rings is 9. The van der Waals surface area contributed by atoms with E-state index in [0.717, 1.165) is 99.2 Å².